The smallest absolute Gasteiger partial charge is 0.0900 e. The largest absolute Gasteiger partial charge is 0.367 e. The van der Waals surface area contributed by atoms with Gasteiger partial charge in [-0.25, -0.2) is 4.98 Å². The fourth-order valence-corrected chi connectivity index (χ4v) is 2.43. The van der Waals surface area contributed by atoms with Gasteiger partial charge in [0.2, 0.25) is 0 Å². The van der Waals surface area contributed by atoms with Crippen molar-refractivity contribution in [3.8, 4) is 0 Å². The SMILES string of the molecule is Cc1nc(C)c(CNCc2cc[nH]c2)s1. The molecule has 0 unspecified atom stereocenters. The number of hydrogen-bond donors (Lipinski definition) is 2. The maximum absolute atomic E-state index is 4.40. The van der Waals surface area contributed by atoms with Gasteiger partial charge in [-0.05, 0) is 25.5 Å². The average molecular weight is 221 g/mol. The van der Waals surface area contributed by atoms with E-state index in [1.807, 2.05) is 19.3 Å². The Morgan fingerprint density at radius 2 is 2.27 bits per heavy atom. The van der Waals surface area contributed by atoms with Crippen LogP contribution in [0.3, 0.4) is 0 Å². The lowest BCUT2D eigenvalue weighted by molar-refractivity contribution is 0.697. The molecule has 2 aromatic rings. The summed E-state index contributed by atoms with van der Waals surface area (Å²) in [6.45, 7) is 5.92. The highest BCUT2D eigenvalue weighted by Crippen LogP contribution is 2.16. The molecule has 2 N–H and O–H groups in total. The van der Waals surface area contributed by atoms with Gasteiger partial charge in [-0.3, -0.25) is 0 Å². The van der Waals surface area contributed by atoms with E-state index in [4.69, 9.17) is 0 Å². The Kier molecular flexibility index (Phi) is 3.18. The molecule has 0 atom stereocenters. The monoisotopic (exact) mass is 221 g/mol. The lowest BCUT2D eigenvalue weighted by Crippen LogP contribution is -2.11. The van der Waals surface area contributed by atoms with Gasteiger partial charge in [-0.15, -0.1) is 11.3 Å². The first kappa shape index (κ1) is 10.4. The summed E-state index contributed by atoms with van der Waals surface area (Å²) in [7, 11) is 0. The van der Waals surface area contributed by atoms with Crippen molar-refractivity contribution in [1.82, 2.24) is 15.3 Å². The van der Waals surface area contributed by atoms with E-state index >= 15 is 0 Å². The zero-order valence-corrected chi connectivity index (χ0v) is 9.82. The molecule has 3 nitrogen and oxygen atoms in total. The van der Waals surface area contributed by atoms with Crippen LogP contribution in [-0.4, -0.2) is 9.97 Å². The van der Waals surface area contributed by atoms with Crippen LogP contribution in [0.1, 0.15) is 21.1 Å². The summed E-state index contributed by atoms with van der Waals surface area (Å²) in [6.07, 6.45) is 3.96. The van der Waals surface area contributed by atoms with Gasteiger partial charge in [0.1, 0.15) is 0 Å². The van der Waals surface area contributed by atoms with E-state index in [0.717, 1.165) is 23.8 Å². The van der Waals surface area contributed by atoms with Crippen LogP contribution < -0.4 is 5.32 Å². The first-order chi connectivity index (χ1) is 7.25. The zero-order chi connectivity index (χ0) is 10.7. The molecule has 0 radical (unpaired) electrons. The minimum Gasteiger partial charge on any atom is -0.367 e. The quantitative estimate of drug-likeness (QED) is 0.832. The number of hydrogen-bond acceptors (Lipinski definition) is 3. The van der Waals surface area contributed by atoms with Gasteiger partial charge in [0.25, 0.3) is 0 Å². The van der Waals surface area contributed by atoms with Crippen LogP contribution in [0.5, 0.6) is 0 Å². The predicted molar refractivity (Wildman–Crippen MR) is 62.9 cm³/mol. The molecule has 80 valence electrons. The van der Waals surface area contributed by atoms with Crippen molar-refractivity contribution in [2.45, 2.75) is 26.9 Å². The van der Waals surface area contributed by atoms with Crippen molar-refractivity contribution >= 4 is 11.3 Å². The van der Waals surface area contributed by atoms with Crippen molar-refractivity contribution in [2.24, 2.45) is 0 Å². The van der Waals surface area contributed by atoms with Crippen molar-refractivity contribution in [3.63, 3.8) is 0 Å². The molecule has 0 aliphatic rings. The van der Waals surface area contributed by atoms with Crippen LogP contribution in [0.4, 0.5) is 0 Å². The number of nitrogens with zero attached hydrogens (tertiary/aromatic N) is 1. The predicted octanol–water partition coefficient (Wildman–Crippen LogP) is 2.38. The van der Waals surface area contributed by atoms with Gasteiger partial charge in [-0.1, -0.05) is 0 Å². The molecule has 2 aromatic heterocycles. The molecule has 0 fully saturated rings. The summed E-state index contributed by atoms with van der Waals surface area (Å²) in [6, 6.07) is 2.08. The Labute approximate surface area is 93.6 Å². The number of H-pyrrole nitrogens is 1. The third-order valence-corrected chi connectivity index (χ3v) is 3.35. The van der Waals surface area contributed by atoms with E-state index in [1.165, 1.54) is 10.4 Å². The van der Waals surface area contributed by atoms with Crippen molar-refractivity contribution in [1.29, 1.82) is 0 Å². The van der Waals surface area contributed by atoms with E-state index in [9.17, 15) is 0 Å². The van der Waals surface area contributed by atoms with Crippen LogP contribution in [0.25, 0.3) is 0 Å². The molecule has 4 heteroatoms. The second kappa shape index (κ2) is 4.59. The first-order valence-corrected chi connectivity index (χ1v) is 5.82. The molecule has 0 spiro atoms. The number of aryl methyl sites for hydroxylation is 2. The van der Waals surface area contributed by atoms with Gasteiger partial charge in [-0.2, -0.15) is 0 Å². The second-order valence-electron chi connectivity index (χ2n) is 3.56. The molecule has 0 aliphatic carbocycles. The fraction of sp³-hybridized carbons (Fsp3) is 0.364. The number of nitrogens with one attached hydrogen (secondary N) is 2. The van der Waals surface area contributed by atoms with Gasteiger partial charge in [0.05, 0.1) is 10.7 Å². The summed E-state index contributed by atoms with van der Waals surface area (Å²) in [5.74, 6) is 0. The van der Waals surface area contributed by atoms with Crippen molar-refractivity contribution in [3.05, 3.63) is 39.6 Å². The van der Waals surface area contributed by atoms with Crippen LogP contribution in [0.2, 0.25) is 0 Å². The van der Waals surface area contributed by atoms with E-state index in [0.29, 0.717) is 0 Å². The molecular formula is C11H15N3S. The number of rotatable bonds is 4. The summed E-state index contributed by atoms with van der Waals surface area (Å²) in [5.41, 5.74) is 2.44. The fourth-order valence-electron chi connectivity index (χ4n) is 1.53. The summed E-state index contributed by atoms with van der Waals surface area (Å²) in [4.78, 5) is 8.78. The highest BCUT2D eigenvalue weighted by molar-refractivity contribution is 7.11. The summed E-state index contributed by atoms with van der Waals surface area (Å²) in [5, 5.41) is 4.55. The maximum Gasteiger partial charge on any atom is 0.0900 e. The lowest BCUT2D eigenvalue weighted by atomic mass is 10.3. The molecule has 0 amide bonds. The van der Waals surface area contributed by atoms with Crippen molar-refractivity contribution < 1.29 is 0 Å². The Morgan fingerprint density at radius 1 is 1.40 bits per heavy atom. The van der Waals surface area contributed by atoms with Crippen LogP contribution in [0, 0.1) is 13.8 Å². The topological polar surface area (TPSA) is 40.7 Å². The van der Waals surface area contributed by atoms with E-state index in [-0.39, 0.29) is 0 Å². The maximum atomic E-state index is 4.40. The standard InChI is InChI=1S/C11H15N3S/c1-8-11(15-9(2)14-8)7-13-6-10-3-4-12-5-10/h3-5,12-13H,6-7H2,1-2H3. The Hall–Kier alpha value is -1.13. The first-order valence-electron chi connectivity index (χ1n) is 5.01. The van der Waals surface area contributed by atoms with Gasteiger partial charge in [0, 0.05) is 30.4 Å². The van der Waals surface area contributed by atoms with E-state index in [1.54, 1.807) is 11.3 Å². The molecule has 2 rings (SSSR count). The molecule has 0 aliphatic heterocycles. The van der Waals surface area contributed by atoms with Crippen LogP contribution in [0.15, 0.2) is 18.5 Å². The number of aromatic nitrogens is 2. The minimum atomic E-state index is 0.903. The molecular weight excluding hydrogens is 206 g/mol. The summed E-state index contributed by atoms with van der Waals surface area (Å²) >= 11 is 1.77. The second-order valence-corrected chi connectivity index (χ2v) is 4.85. The average Bonchev–Trinajstić information content (AvgIpc) is 2.77. The molecule has 0 bridgehead atoms. The normalized spacial score (nSPS) is 10.8. The molecule has 0 saturated carbocycles. The van der Waals surface area contributed by atoms with Gasteiger partial charge in [0.15, 0.2) is 0 Å². The highest BCUT2D eigenvalue weighted by Gasteiger charge is 2.03. The zero-order valence-electron chi connectivity index (χ0n) is 9.00. The molecule has 2 heterocycles. The molecule has 0 aromatic carbocycles. The lowest BCUT2D eigenvalue weighted by Gasteiger charge is -2.01. The van der Waals surface area contributed by atoms with Gasteiger partial charge >= 0.3 is 0 Å². The number of thiazole rings is 1. The minimum absolute atomic E-state index is 0.903. The van der Waals surface area contributed by atoms with Crippen LogP contribution in [-0.2, 0) is 13.1 Å². The molecule has 0 saturated heterocycles. The van der Waals surface area contributed by atoms with Gasteiger partial charge < -0.3 is 10.3 Å². The number of aromatic amines is 1. The molecule has 15 heavy (non-hydrogen) atoms. The third kappa shape index (κ3) is 2.67. The Morgan fingerprint density at radius 3 is 2.87 bits per heavy atom. The Bertz CT molecular complexity index is 417. The van der Waals surface area contributed by atoms with Crippen LogP contribution >= 0.6 is 11.3 Å². The van der Waals surface area contributed by atoms with E-state index < -0.39 is 0 Å². The van der Waals surface area contributed by atoms with Crippen molar-refractivity contribution in [2.75, 3.05) is 0 Å². The summed E-state index contributed by atoms with van der Waals surface area (Å²) < 4.78 is 0. The third-order valence-electron chi connectivity index (χ3n) is 2.28. The van der Waals surface area contributed by atoms with E-state index in [2.05, 4.69) is 28.3 Å². The Balaban J connectivity index is 1.86. The highest BCUT2D eigenvalue weighted by atomic mass is 32.1.